The number of hydrogen-bond acceptors (Lipinski definition) is 7. The fourth-order valence-electron chi connectivity index (χ4n) is 3.74. The van der Waals surface area contributed by atoms with Crippen molar-refractivity contribution in [1.82, 2.24) is 9.97 Å². The molecule has 0 bridgehead atoms. The van der Waals surface area contributed by atoms with E-state index in [4.69, 9.17) is 19.0 Å². The quantitative estimate of drug-likeness (QED) is 0.192. The van der Waals surface area contributed by atoms with Gasteiger partial charge in [0.1, 0.15) is 16.5 Å². The van der Waals surface area contributed by atoms with Crippen molar-refractivity contribution in [2.24, 2.45) is 0 Å². The lowest BCUT2D eigenvalue weighted by atomic mass is 10.1. The van der Waals surface area contributed by atoms with Gasteiger partial charge in [-0.05, 0) is 42.0 Å². The molecule has 0 fully saturated rings. The molecule has 0 saturated carbocycles. The van der Waals surface area contributed by atoms with Crippen LogP contribution in [0.15, 0.2) is 116 Å². The number of nitrogens with zero attached hydrogens (tertiary/aromatic N) is 2. The molecule has 0 atom stereocenters. The Bertz CT molecular complexity index is 1690. The molecule has 0 spiro atoms. The van der Waals surface area contributed by atoms with Crippen LogP contribution in [-0.4, -0.2) is 32.1 Å². The van der Waals surface area contributed by atoms with Gasteiger partial charge in [0.15, 0.2) is 0 Å². The highest BCUT2D eigenvalue weighted by molar-refractivity contribution is 9.10. The third-order valence-electron chi connectivity index (χ3n) is 5.69. The molecular weight excluding hydrogens is 596 g/mol. The zero-order valence-electron chi connectivity index (χ0n) is 20.5. The SMILES string of the molecule is Brc1ccccc1-c1ccc(-c2nccs2)nc1.O=C(O)c1ccc(-c2ccc(-c3ccc(C(=O)O)o3)cc2)o1. The summed E-state index contributed by atoms with van der Waals surface area (Å²) in [4.78, 5) is 30.3. The number of hydrogen-bond donors (Lipinski definition) is 2. The lowest BCUT2D eigenvalue weighted by molar-refractivity contribution is 0.0653. The monoisotopic (exact) mass is 614 g/mol. The first-order valence-corrected chi connectivity index (χ1v) is 13.4. The third kappa shape index (κ3) is 6.09. The summed E-state index contributed by atoms with van der Waals surface area (Å²) in [7, 11) is 0. The number of carboxylic acids is 2. The molecule has 0 amide bonds. The lowest BCUT2D eigenvalue weighted by Crippen LogP contribution is -1.91. The molecule has 6 rings (SSSR count). The Balaban J connectivity index is 0.000000164. The summed E-state index contributed by atoms with van der Waals surface area (Å²) in [6.07, 6.45) is 3.68. The van der Waals surface area contributed by atoms with Gasteiger partial charge in [0.2, 0.25) is 11.5 Å². The predicted molar refractivity (Wildman–Crippen MR) is 154 cm³/mol. The number of furan rings is 2. The van der Waals surface area contributed by atoms with E-state index in [1.165, 1.54) is 12.1 Å². The van der Waals surface area contributed by atoms with Gasteiger partial charge in [0.05, 0.1) is 5.69 Å². The Hall–Kier alpha value is -4.80. The molecule has 198 valence electrons. The van der Waals surface area contributed by atoms with Gasteiger partial charge in [-0.3, -0.25) is 4.98 Å². The Morgan fingerprint density at radius 2 is 1.27 bits per heavy atom. The molecule has 2 aromatic carbocycles. The van der Waals surface area contributed by atoms with Crippen molar-refractivity contribution in [2.75, 3.05) is 0 Å². The largest absolute Gasteiger partial charge is 0.475 e. The zero-order chi connectivity index (χ0) is 28.1. The van der Waals surface area contributed by atoms with Crippen molar-refractivity contribution < 1.29 is 28.6 Å². The van der Waals surface area contributed by atoms with E-state index < -0.39 is 11.9 Å². The number of rotatable bonds is 6. The number of halogens is 1. The maximum absolute atomic E-state index is 10.8. The average Bonchev–Trinajstić information content (AvgIpc) is 3.76. The van der Waals surface area contributed by atoms with E-state index in [-0.39, 0.29) is 11.5 Å². The highest BCUT2D eigenvalue weighted by atomic mass is 79.9. The van der Waals surface area contributed by atoms with Crippen LogP contribution >= 0.6 is 27.3 Å². The van der Waals surface area contributed by atoms with Crippen LogP contribution in [0.4, 0.5) is 0 Å². The molecular formula is C30H19BrN2O6S. The van der Waals surface area contributed by atoms with E-state index in [9.17, 15) is 9.59 Å². The van der Waals surface area contributed by atoms with Crippen LogP contribution in [0.25, 0.3) is 44.5 Å². The van der Waals surface area contributed by atoms with Crippen molar-refractivity contribution in [3.05, 3.63) is 119 Å². The van der Waals surface area contributed by atoms with Crippen molar-refractivity contribution in [3.63, 3.8) is 0 Å². The molecule has 8 nitrogen and oxygen atoms in total. The minimum absolute atomic E-state index is 0.129. The summed E-state index contributed by atoms with van der Waals surface area (Å²) in [5.41, 5.74) is 4.59. The second-order valence-electron chi connectivity index (χ2n) is 8.26. The highest BCUT2D eigenvalue weighted by Crippen LogP contribution is 2.29. The lowest BCUT2D eigenvalue weighted by Gasteiger charge is -2.04. The van der Waals surface area contributed by atoms with E-state index in [0.29, 0.717) is 22.6 Å². The number of pyridine rings is 1. The van der Waals surface area contributed by atoms with Crippen LogP contribution in [0.5, 0.6) is 0 Å². The van der Waals surface area contributed by atoms with Gasteiger partial charge in [0.25, 0.3) is 0 Å². The number of thiazole rings is 1. The zero-order valence-corrected chi connectivity index (χ0v) is 22.9. The van der Waals surface area contributed by atoms with E-state index in [2.05, 4.69) is 38.0 Å². The van der Waals surface area contributed by atoms with Gasteiger partial charge in [-0.15, -0.1) is 11.3 Å². The van der Waals surface area contributed by atoms with Crippen molar-refractivity contribution in [1.29, 1.82) is 0 Å². The van der Waals surface area contributed by atoms with Gasteiger partial charge in [-0.1, -0.05) is 64.5 Å². The molecule has 0 aliphatic rings. The van der Waals surface area contributed by atoms with Crippen molar-refractivity contribution in [3.8, 4) is 44.5 Å². The maximum atomic E-state index is 10.8. The molecule has 4 heterocycles. The number of aromatic carboxylic acids is 2. The molecule has 0 aliphatic carbocycles. The Morgan fingerprint density at radius 1 is 0.700 bits per heavy atom. The Labute approximate surface area is 240 Å². The van der Waals surface area contributed by atoms with Crippen LogP contribution in [0, 0.1) is 0 Å². The summed E-state index contributed by atoms with van der Waals surface area (Å²) in [6, 6.07) is 25.1. The highest BCUT2D eigenvalue weighted by Gasteiger charge is 2.13. The average molecular weight is 615 g/mol. The van der Waals surface area contributed by atoms with E-state index in [0.717, 1.165) is 26.3 Å². The second-order valence-corrected chi connectivity index (χ2v) is 10.0. The number of aromatic nitrogens is 2. The summed E-state index contributed by atoms with van der Waals surface area (Å²) >= 11 is 5.15. The molecule has 40 heavy (non-hydrogen) atoms. The minimum atomic E-state index is -1.13. The Kier molecular flexibility index (Phi) is 7.99. The van der Waals surface area contributed by atoms with Crippen molar-refractivity contribution in [2.45, 2.75) is 0 Å². The molecule has 4 aromatic heterocycles. The molecule has 0 saturated heterocycles. The first kappa shape index (κ1) is 26.8. The van der Waals surface area contributed by atoms with Gasteiger partial charge in [-0.25, -0.2) is 14.6 Å². The molecule has 2 N–H and O–H groups in total. The van der Waals surface area contributed by atoms with Crippen molar-refractivity contribution >= 4 is 39.2 Å². The summed E-state index contributed by atoms with van der Waals surface area (Å²) in [5, 5.41) is 20.6. The fourth-order valence-corrected chi connectivity index (χ4v) is 4.87. The third-order valence-corrected chi connectivity index (χ3v) is 7.17. The topological polar surface area (TPSA) is 127 Å². The second kappa shape index (κ2) is 11.9. The van der Waals surface area contributed by atoms with Crippen LogP contribution in [0.3, 0.4) is 0 Å². The standard InChI is InChI=1S/C16H10O6.C14H9BrN2S/c17-15(18)13-7-5-11(21-13)9-1-2-10(4-3-9)12-6-8-14(22-12)16(19)20;15-12-4-2-1-3-11(12)10-5-6-13(17-9-10)14-16-7-8-18-14/h1-8H,(H,17,18)(H,19,20);1-9H. The molecule has 10 heteroatoms. The molecule has 0 radical (unpaired) electrons. The first-order chi connectivity index (χ1) is 19.4. The van der Waals surface area contributed by atoms with Gasteiger partial charge >= 0.3 is 11.9 Å². The van der Waals surface area contributed by atoms with E-state index >= 15 is 0 Å². The normalized spacial score (nSPS) is 10.5. The summed E-state index contributed by atoms with van der Waals surface area (Å²) in [6.45, 7) is 0. The van der Waals surface area contributed by atoms with Gasteiger partial charge in [0, 0.05) is 38.9 Å². The van der Waals surface area contributed by atoms with Crippen LogP contribution in [0.2, 0.25) is 0 Å². The summed E-state index contributed by atoms with van der Waals surface area (Å²) in [5.74, 6) is -1.63. The smallest absolute Gasteiger partial charge is 0.371 e. The van der Waals surface area contributed by atoms with Crippen LogP contribution in [0.1, 0.15) is 21.1 Å². The first-order valence-electron chi connectivity index (χ1n) is 11.8. The van der Waals surface area contributed by atoms with Crippen LogP contribution < -0.4 is 0 Å². The maximum Gasteiger partial charge on any atom is 0.371 e. The Morgan fingerprint density at radius 3 is 1.73 bits per heavy atom. The van der Waals surface area contributed by atoms with E-state index in [1.807, 2.05) is 35.8 Å². The fraction of sp³-hybridized carbons (Fsp3) is 0. The number of carboxylic acid groups (broad SMARTS) is 2. The number of carbonyl (C=O) groups is 2. The number of benzene rings is 2. The molecule has 0 unspecified atom stereocenters. The molecule has 6 aromatic rings. The summed E-state index contributed by atoms with van der Waals surface area (Å²) < 4.78 is 11.5. The predicted octanol–water partition coefficient (Wildman–Crippen LogP) is 8.24. The van der Waals surface area contributed by atoms with Gasteiger partial charge in [-0.2, -0.15) is 0 Å². The van der Waals surface area contributed by atoms with E-state index in [1.54, 1.807) is 53.9 Å². The van der Waals surface area contributed by atoms with Gasteiger partial charge < -0.3 is 19.0 Å². The minimum Gasteiger partial charge on any atom is -0.475 e. The molecule has 0 aliphatic heterocycles. The van der Waals surface area contributed by atoms with Crippen LogP contribution in [-0.2, 0) is 0 Å².